The molecule has 7 heteroatoms. The van der Waals surface area contributed by atoms with Gasteiger partial charge in [0.1, 0.15) is 23.2 Å². The van der Waals surface area contributed by atoms with Gasteiger partial charge in [-0.15, -0.1) is 0 Å². The molecule has 4 rings (SSSR count). The van der Waals surface area contributed by atoms with Crippen molar-refractivity contribution in [1.29, 1.82) is 5.26 Å². The number of aromatic nitrogens is 2. The zero-order valence-electron chi connectivity index (χ0n) is 19.8. The molecule has 0 amide bonds. The molecular weight excluding hydrogens is 412 g/mol. The van der Waals surface area contributed by atoms with E-state index in [1.54, 1.807) is 0 Å². The third-order valence-corrected chi connectivity index (χ3v) is 6.81. The van der Waals surface area contributed by atoms with Crippen LogP contribution in [0.4, 0.5) is 11.6 Å². The monoisotopic (exact) mass is 446 g/mol. The van der Waals surface area contributed by atoms with Crippen LogP contribution in [0.1, 0.15) is 42.6 Å². The second kappa shape index (κ2) is 10.8. The van der Waals surface area contributed by atoms with Gasteiger partial charge in [-0.3, -0.25) is 4.79 Å². The minimum atomic E-state index is 0.0714. The van der Waals surface area contributed by atoms with Gasteiger partial charge >= 0.3 is 0 Å². The fourth-order valence-corrected chi connectivity index (χ4v) is 4.76. The maximum atomic E-state index is 13.0. The normalized spacial score (nSPS) is 19.4. The van der Waals surface area contributed by atoms with Crippen LogP contribution < -0.4 is 9.80 Å². The minimum Gasteiger partial charge on any atom is -0.356 e. The maximum Gasteiger partial charge on any atom is 0.137 e. The zero-order valence-corrected chi connectivity index (χ0v) is 19.8. The largest absolute Gasteiger partial charge is 0.356 e. The lowest BCUT2D eigenvalue weighted by molar-refractivity contribution is -0.123. The Bertz CT molecular complexity index is 991. The van der Waals surface area contributed by atoms with Gasteiger partial charge < -0.3 is 14.7 Å². The topological polar surface area (TPSA) is 76.4 Å². The molecule has 2 saturated heterocycles. The number of Topliss-reactive ketones (excluding diaryl/α,β-unsaturated/α-hetero) is 1. The molecule has 3 heterocycles. The van der Waals surface area contributed by atoms with Gasteiger partial charge in [0.15, 0.2) is 0 Å². The summed E-state index contributed by atoms with van der Waals surface area (Å²) in [6.45, 7) is 7.68. The van der Waals surface area contributed by atoms with Crippen LogP contribution in [0.5, 0.6) is 0 Å². The number of hydrogen-bond acceptors (Lipinski definition) is 7. The number of hydrogen-bond donors (Lipinski definition) is 0. The van der Waals surface area contributed by atoms with E-state index in [0.29, 0.717) is 17.8 Å². The van der Waals surface area contributed by atoms with Crippen molar-refractivity contribution >= 4 is 17.4 Å². The summed E-state index contributed by atoms with van der Waals surface area (Å²) in [7, 11) is 2.16. The number of nitrogens with zero attached hydrogens (tertiary/aromatic N) is 6. The quantitative estimate of drug-likeness (QED) is 0.646. The van der Waals surface area contributed by atoms with Crippen molar-refractivity contribution in [2.24, 2.45) is 5.92 Å². The fourth-order valence-electron chi connectivity index (χ4n) is 4.76. The summed E-state index contributed by atoms with van der Waals surface area (Å²) in [5.74, 6) is 3.17. The molecule has 0 spiro atoms. The van der Waals surface area contributed by atoms with Crippen LogP contribution in [-0.2, 0) is 11.2 Å². The van der Waals surface area contributed by atoms with Crippen LogP contribution in [-0.4, -0.2) is 67.0 Å². The van der Waals surface area contributed by atoms with Gasteiger partial charge in [-0.25, -0.2) is 9.97 Å². The second-order valence-corrected chi connectivity index (χ2v) is 9.34. The lowest BCUT2D eigenvalue weighted by atomic mass is 9.90. The Labute approximate surface area is 197 Å². The molecule has 33 heavy (non-hydrogen) atoms. The smallest absolute Gasteiger partial charge is 0.137 e. The molecule has 2 aliphatic rings. The number of likely N-dealkylation sites (N-methyl/N-ethyl adjacent to an activating group) is 1. The number of piperazine rings is 1. The minimum absolute atomic E-state index is 0.0714. The van der Waals surface area contributed by atoms with Gasteiger partial charge in [0.2, 0.25) is 0 Å². The average molecular weight is 447 g/mol. The van der Waals surface area contributed by atoms with Crippen LogP contribution in [0.2, 0.25) is 0 Å². The van der Waals surface area contributed by atoms with E-state index < -0.39 is 0 Å². The van der Waals surface area contributed by atoms with Crippen LogP contribution in [0.3, 0.4) is 0 Å². The summed E-state index contributed by atoms with van der Waals surface area (Å²) in [4.78, 5) is 29.3. The third-order valence-electron chi connectivity index (χ3n) is 6.81. The van der Waals surface area contributed by atoms with Crippen molar-refractivity contribution in [3.8, 4) is 6.07 Å². The van der Waals surface area contributed by atoms with Gasteiger partial charge in [0.05, 0.1) is 11.6 Å². The number of carbonyl (C=O) groups is 1. The number of anilines is 2. The predicted octanol–water partition coefficient (Wildman–Crippen LogP) is 3.22. The highest BCUT2D eigenvalue weighted by atomic mass is 16.1. The van der Waals surface area contributed by atoms with Gasteiger partial charge in [-0.2, -0.15) is 5.26 Å². The number of rotatable bonds is 7. The molecule has 0 radical (unpaired) electrons. The molecule has 1 atom stereocenters. The Balaban J connectivity index is 1.33. The first-order valence-corrected chi connectivity index (χ1v) is 12.1. The van der Waals surface area contributed by atoms with E-state index in [1.165, 1.54) is 5.56 Å². The zero-order chi connectivity index (χ0) is 23.2. The van der Waals surface area contributed by atoms with Crippen molar-refractivity contribution < 1.29 is 4.79 Å². The summed E-state index contributed by atoms with van der Waals surface area (Å²) >= 11 is 0. The van der Waals surface area contributed by atoms with E-state index in [-0.39, 0.29) is 5.92 Å². The lowest BCUT2D eigenvalue weighted by Crippen LogP contribution is -2.45. The van der Waals surface area contributed by atoms with Crippen molar-refractivity contribution in [3.05, 3.63) is 47.3 Å². The molecule has 2 aromatic rings. The molecule has 1 aromatic carbocycles. The average Bonchev–Trinajstić information content (AvgIpc) is 2.84. The van der Waals surface area contributed by atoms with Crippen LogP contribution in [0, 0.1) is 24.2 Å². The Morgan fingerprint density at radius 1 is 1.06 bits per heavy atom. The van der Waals surface area contributed by atoms with E-state index in [1.807, 2.05) is 31.2 Å². The van der Waals surface area contributed by atoms with Crippen molar-refractivity contribution in [1.82, 2.24) is 14.9 Å². The Hall–Kier alpha value is -2.98. The van der Waals surface area contributed by atoms with Crippen LogP contribution in [0.25, 0.3) is 0 Å². The van der Waals surface area contributed by atoms with Gasteiger partial charge in [0, 0.05) is 57.7 Å². The number of piperidine rings is 1. The third kappa shape index (κ3) is 6.08. The summed E-state index contributed by atoms with van der Waals surface area (Å²) in [6, 6.07) is 11.9. The van der Waals surface area contributed by atoms with Crippen molar-refractivity contribution in [2.45, 2.75) is 39.0 Å². The first-order valence-electron chi connectivity index (χ1n) is 12.1. The SMILES string of the molecule is Cc1nc(N2CCN(C)CC2)cc(N2CCC[C@@H](C(=O)CCCc3ccc(C#N)cc3)C2)n1. The molecule has 2 aliphatic heterocycles. The predicted molar refractivity (Wildman–Crippen MR) is 131 cm³/mol. The molecule has 0 bridgehead atoms. The van der Waals surface area contributed by atoms with Crippen molar-refractivity contribution in [2.75, 3.05) is 56.1 Å². The number of aryl methyl sites for hydroxylation is 2. The molecule has 1 aromatic heterocycles. The standard InChI is InChI=1S/C26H34N6O/c1-20-28-25(31-15-13-30(2)14-16-31)17-26(29-20)32-12-4-6-23(19-32)24(33)7-3-5-21-8-10-22(18-27)11-9-21/h8-11,17,23H,3-7,12-16,19H2,1-2H3/t23-/m1/s1. The molecule has 0 N–H and O–H groups in total. The molecular formula is C26H34N6O. The Kier molecular flexibility index (Phi) is 7.56. The Morgan fingerprint density at radius 2 is 1.76 bits per heavy atom. The fraction of sp³-hybridized carbons (Fsp3) is 0.538. The molecule has 2 fully saturated rings. The number of carbonyl (C=O) groups excluding carboxylic acids is 1. The summed E-state index contributed by atoms with van der Waals surface area (Å²) in [5.41, 5.74) is 1.85. The highest BCUT2D eigenvalue weighted by Crippen LogP contribution is 2.26. The molecule has 0 unspecified atom stereocenters. The van der Waals surface area contributed by atoms with Gasteiger partial charge in [-0.1, -0.05) is 12.1 Å². The number of benzene rings is 1. The van der Waals surface area contributed by atoms with E-state index >= 15 is 0 Å². The van der Waals surface area contributed by atoms with Gasteiger partial charge in [-0.05, 0) is 57.4 Å². The highest BCUT2D eigenvalue weighted by molar-refractivity contribution is 5.81. The molecule has 0 aliphatic carbocycles. The van der Waals surface area contributed by atoms with Gasteiger partial charge in [0.25, 0.3) is 0 Å². The maximum absolute atomic E-state index is 13.0. The summed E-state index contributed by atoms with van der Waals surface area (Å²) in [5, 5.41) is 8.92. The number of ketones is 1. The molecule has 0 saturated carbocycles. The highest BCUT2D eigenvalue weighted by Gasteiger charge is 2.27. The summed E-state index contributed by atoms with van der Waals surface area (Å²) in [6.07, 6.45) is 4.29. The van der Waals surface area contributed by atoms with Crippen LogP contribution in [0.15, 0.2) is 30.3 Å². The lowest BCUT2D eigenvalue weighted by Gasteiger charge is -2.35. The Morgan fingerprint density at radius 3 is 2.45 bits per heavy atom. The van der Waals surface area contributed by atoms with Crippen molar-refractivity contribution in [3.63, 3.8) is 0 Å². The first kappa shape index (κ1) is 23.2. The molecule has 7 nitrogen and oxygen atoms in total. The second-order valence-electron chi connectivity index (χ2n) is 9.34. The van der Waals surface area contributed by atoms with Crippen LogP contribution >= 0.6 is 0 Å². The summed E-state index contributed by atoms with van der Waals surface area (Å²) < 4.78 is 0. The van der Waals surface area contributed by atoms with E-state index in [2.05, 4.69) is 33.9 Å². The number of nitriles is 1. The van der Waals surface area contributed by atoms with E-state index in [0.717, 1.165) is 82.4 Å². The van der Waals surface area contributed by atoms with E-state index in [4.69, 9.17) is 15.2 Å². The van der Waals surface area contributed by atoms with E-state index in [9.17, 15) is 4.79 Å². The first-order chi connectivity index (χ1) is 16.0. The molecule has 174 valence electrons.